The van der Waals surface area contributed by atoms with Crippen molar-refractivity contribution in [2.75, 3.05) is 0 Å². The number of aromatic nitrogens is 1. The molecule has 1 saturated carbocycles. The molecule has 2 nitrogen and oxygen atoms in total. The van der Waals surface area contributed by atoms with Crippen LogP contribution >= 0.6 is 0 Å². The van der Waals surface area contributed by atoms with Crippen LogP contribution in [0.5, 0.6) is 0 Å². The van der Waals surface area contributed by atoms with Gasteiger partial charge in [-0.05, 0) is 36.5 Å². The van der Waals surface area contributed by atoms with E-state index in [0.29, 0.717) is 5.92 Å². The second-order valence-corrected chi connectivity index (χ2v) is 5.69. The van der Waals surface area contributed by atoms with Crippen molar-refractivity contribution >= 4 is 10.9 Å². The molecule has 19 heavy (non-hydrogen) atoms. The largest absolute Gasteiger partial charge is 0.324 e. The second kappa shape index (κ2) is 5.70. The summed E-state index contributed by atoms with van der Waals surface area (Å²) in [5, 5.41) is 1.22. The summed E-state index contributed by atoms with van der Waals surface area (Å²) >= 11 is 0. The lowest BCUT2D eigenvalue weighted by Crippen LogP contribution is -2.21. The molecular formula is C17H22N2. The van der Waals surface area contributed by atoms with Gasteiger partial charge in [-0.15, -0.1) is 0 Å². The van der Waals surface area contributed by atoms with Gasteiger partial charge in [0.25, 0.3) is 0 Å². The molecule has 100 valence electrons. The normalized spacial score (nSPS) is 19.2. The zero-order chi connectivity index (χ0) is 13.1. The van der Waals surface area contributed by atoms with E-state index in [4.69, 9.17) is 5.73 Å². The standard InChI is InChI=1S/C17H22N2/c18-17(13-7-3-1-2-4-8-13)15-11-12-19-16-10-6-5-9-14(15)16/h5-6,9-13,17H,1-4,7-8,18H2. The number of pyridine rings is 1. The van der Waals surface area contributed by atoms with Crippen molar-refractivity contribution < 1.29 is 0 Å². The van der Waals surface area contributed by atoms with Gasteiger partial charge < -0.3 is 5.73 Å². The number of fused-ring (bicyclic) bond motifs is 1. The molecule has 1 aromatic heterocycles. The van der Waals surface area contributed by atoms with Crippen LogP contribution in [0, 0.1) is 5.92 Å². The number of hydrogen-bond donors (Lipinski definition) is 1. The third-order valence-electron chi connectivity index (χ3n) is 4.45. The molecule has 3 rings (SSSR count). The van der Waals surface area contributed by atoms with Crippen LogP contribution in [0.1, 0.15) is 50.1 Å². The number of nitrogens with zero attached hydrogens (tertiary/aromatic N) is 1. The molecule has 1 heterocycles. The summed E-state index contributed by atoms with van der Waals surface area (Å²) in [5.41, 5.74) is 8.91. The number of benzene rings is 1. The van der Waals surface area contributed by atoms with E-state index in [-0.39, 0.29) is 6.04 Å². The molecule has 1 aromatic carbocycles. The van der Waals surface area contributed by atoms with Crippen molar-refractivity contribution in [3.8, 4) is 0 Å². The molecule has 2 heteroatoms. The molecule has 0 radical (unpaired) electrons. The van der Waals surface area contributed by atoms with E-state index in [1.165, 1.54) is 49.5 Å². The van der Waals surface area contributed by atoms with Gasteiger partial charge in [-0.1, -0.05) is 43.9 Å². The highest BCUT2D eigenvalue weighted by Crippen LogP contribution is 2.34. The summed E-state index contributed by atoms with van der Waals surface area (Å²) in [6, 6.07) is 10.6. The van der Waals surface area contributed by atoms with E-state index >= 15 is 0 Å². The zero-order valence-corrected chi connectivity index (χ0v) is 11.4. The molecule has 1 atom stereocenters. The highest BCUT2D eigenvalue weighted by molar-refractivity contribution is 5.82. The van der Waals surface area contributed by atoms with Crippen LogP contribution in [-0.4, -0.2) is 4.98 Å². The van der Waals surface area contributed by atoms with Crippen LogP contribution in [0.3, 0.4) is 0 Å². The Hall–Kier alpha value is -1.41. The molecule has 2 N–H and O–H groups in total. The lowest BCUT2D eigenvalue weighted by molar-refractivity contribution is 0.384. The van der Waals surface area contributed by atoms with Crippen LogP contribution < -0.4 is 5.73 Å². The minimum atomic E-state index is 0.158. The van der Waals surface area contributed by atoms with E-state index in [0.717, 1.165) is 5.52 Å². The SMILES string of the molecule is NC(c1ccnc2ccccc12)C1CCCCCC1. The zero-order valence-electron chi connectivity index (χ0n) is 11.4. The van der Waals surface area contributed by atoms with E-state index in [2.05, 4.69) is 29.2 Å². The molecule has 0 aliphatic heterocycles. The number of rotatable bonds is 2. The minimum Gasteiger partial charge on any atom is -0.324 e. The molecule has 0 amide bonds. The van der Waals surface area contributed by atoms with Gasteiger partial charge in [0.05, 0.1) is 5.52 Å². The first-order chi connectivity index (χ1) is 9.36. The summed E-state index contributed by atoms with van der Waals surface area (Å²) in [4.78, 5) is 4.43. The van der Waals surface area contributed by atoms with E-state index in [1.54, 1.807) is 0 Å². The number of nitrogens with two attached hydrogens (primary N) is 1. The molecule has 1 unspecified atom stereocenters. The Morgan fingerprint density at radius 2 is 1.74 bits per heavy atom. The first-order valence-corrected chi connectivity index (χ1v) is 7.45. The van der Waals surface area contributed by atoms with Crippen molar-refractivity contribution in [2.45, 2.75) is 44.6 Å². The van der Waals surface area contributed by atoms with Crippen molar-refractivity contribution in [2.24, 2.45) is 11.7 Å². The Morgan fingerprint density at radius 1 is 1.00 bits per heavy atom. The first-order valence-electron chi connectivity index (χ1n) is 7.45. The smallest absolute Gasteiger partial charge is 0.0705 e. The van der Waals surface area contributed by atoms with E-state index < -0.39 is 0 Å². The Morgan fingerprint density at radius 3 is 2.53 bits per heavy atom. The molecule has 1 aliphatic rings. The maximum Gasteiger partial charge on any atom is 0.0705 e. The van der Waals surface area contributed by atoms with Crippen molar-refractivity contribution in [3.63, 3.8) is 0 Å². The summed E-state index contributed by atoms with van der Waals surface area (Å²) < 4.78 is 0. The summed E-state index contributed by atoms with van der Waals surface area (Å²) in [6.07, 6.45) is 9.87. The van der Waals surface area contributed by atoms with Gasteiger partial charge in [-0.2, -0.15) is 0 Å². The van der Waals surface area contributed by atoms with Crippen LogP contribution in [0.15, 0.2) is 36.5 Å². The Kier molecular flexibility index (Phi) is 3.79. The van der Waals surface area contributed by atoms with Gasteiger partial charge in [0.2, 0.25) is 0 Å². The molecule has 0 spiro atoms. The third kappa shape index (κ3) is 2.64. The van der Waals surface area contributed by atoms with Crippen LogP contribution in [0.25, 0.3) is 10.9 Å². The molecule has 0 saturated heterocycles. The highest BCUT2D eigenvalue weighted by atomic mass is 14.7. The number of para-hydroxylation sites is 1. The lowest BCUT2D eigenvalue weighted by atomic mass is 9.86. The number of hydrogen-bond acceptors (Lipinski definition) is 2. The maximum atomic E-state index is 6.58. The van der Waals surface area contributed by atoms with E-state index in [9.17, 15) is 0 Å². The fraction of sp³-hybridized carbons (Fsp3) is 0.471. The molecule has 1 fully saturated rings. The highest BCUT2D eigenvalue weighted by Gasteiger charge is 2.22. The molecule has 1 aliphatic carbocycles. The van der Waals surface area contributed by atoms with Crippen molar-refractivity contribution in [1.29, 1.82) is 0 Å². The van der Waals surface area contributed by atoms with E-state index in [1.807, 2.05) is 12.3 Å². The molecule has 2 aromatic rings. The topological polar surface area (TPSA) is 38.9 Å². The molecular weight excluding hydrogens is 232 g/mol. The Bertz CT molecular complexity index is 536. The van der Waals surface area contributed by atoms with Gasteiger partial charge in [0.1, 0.15) is 0 Å². The predicted octanol–water partition coefficient (Wildman–Crippen LogP) is 4.21. The second-order valence-electron chi connectivity index (χ2n) is 5.69. The predicted molar refractivity (Wildman–Crippen MR) is 79.9 cm³/mol. The Balaban J connectivity index is 1.94. The van der Waals surface area contributed by atoms with Gasteiger partial charge in [0.15, 0.2) is 0 Å². The van der Waals surface area contributed by atoms with Gasteiger partial charge >= 0.3 is 0 Å². The van der Waals surface area contributed by atoms with Crippen LogP contribution in [-0.2, 0) is 0 Å². The quantitative estimate of drug-likeness (QED) is 0.815. The summed E-state index contributed by atoms with van der Waals surface area (Å²) in [7, 11) is 0. The van der Waals surface area contributed by atoms with Crippen LogP contribution in [0.4, 0.5) is 0 Å². The average Bonchev–Trinajstić information content (AvgIpc) is 2.75. The van der Waals surface area contributed by atoms with Crippen molar-refractivity contribution in [1.82, 2.24) is 4.98 Å². The fourth-order valence-corrected chi connectivity index (χ4v) is 3.33. The van der Waals surface area contributed by atoms with Crippen LogP contribution in [0.2, 0.25) is 0 Å². The summed E-state index contributed by atoms with van der Waals surface area (Å²) in [6.45, 7) is 0. The first kappa shape index (κ1) is 12.6. The van der Waals surface area contributed by atoms with Gasteiger partial charge in [-0.3, -0.25) is 4.98 Å². The lowest BCUT2D eigenvalue weighted by Gasteiger charge is -2.23. The van der Waals surface area contributed by atoms with Gasteiger partial charge in [-0.25, -0.2) is 0 Å². The molecule has 0 bridgehead atoms. The average molecular weight is 254 g/mol. The monoisotopic (exact) mass is 254 g/mol. The maximum absolute atomic E-state index is 6.58. The fourth-order valence-electron chi connectivity index (χ4n) is 3.33. The summed E-state index contributed by atoms with van der Waals surface area (Å²) in [5.74, 6) is 0.633. The van der Waals surface area contributed by atoms with Crippen molar-refractivity contribution in [3.05, 3.63) is 42.1 Å². The Labute approximate surface area is 115 Å². The minimum absolute atomic E-state index is 0.158. The third-order valence-corrected chi connectivity index (χ3v) is 4.45. The van der Waals surface area contributed by atoms with Gasteiger partial charge in [0, 0.05) is 17.6 Å².